The number of ketones is 1. The van der Waals surface area contributed by atoms with E-state index in [-0.39, 0.29) is 0 Å². The van der Waals surface area contributed by atoms with E-state index >= 15 is 0 Å². The van der Waals surface area contributed by atoms with Gasteiger partial charge in [-0.15, -0.1) is 0 Å². The van der Waals surface area contributed by atoms with Crippen molar-refractivity contribution in [3.63, 3.8) is 0 Å². The molecule has 1 aromatic heterocycles. The first kappa shape index (κ1) is 12.0. The maximum Gasteiger partial charge on any atom is 0.144 e. The van der Waals surface area contributed by atoms with Gasteiger partial charge in [-0.3, -0.25) is 4.79 Å². The summed E-state index contributed by atoms with van der Waals surface area (Å²) in [7, 11) is 2.02. The minimum Gasteiger partial charge on any atom is -0.331 e. The lowest BCUT2D eigenvalue weighted by Crippen LogP contribution is -2.14. The molecular weight excluding hydrogens is 260 g/mol. The predicted molar refractivity (Wildman–Crippen MR) is 80.7 cm³/mol. The Balaban J connectivity index is 1.40. The van der Waals surface area contributed by atoms with Crippen LogP contribution in [0.15, 0.2) is 24.3 Å². The van der Waals surface area contributed by atoms with Gasteiger partial charge >= 0.3 is 0 Å². The Morgan fingerprint density at radius 3 is 2.67 bits per heavy atom. The Kier molecular flexibility index (Phi) is 2.26. The molecule has 4 atom stereocenters. The van der Waals surface area contributed by atoms with Crippen molar-refractivity contribution in [3.05, 3.63) is 30.1 Å². The van der Waals surface area contributed by atoms with Crippen molar-refractivity contribution in [2.75, 3.05) is 0 Å². The van der Waals surface area contributed by atoms with Gasteiger partial charge in [0.25, 0.3) is 0 Å². The summed E-state index contributed by atoms with van der Waals surface area (Å²) < 4.78 is 2.08. The number of Topliss-reactive ketones (excluding diaryl/α,β-unsaturated/α-hetero) is 1. The highest BCUT2D eigenvalue weighted by atomic mass is 16.1. The summed E-state index contributed by atoms with van der Waals surface area (Å²) in [4.78, 5) is 17.3. The van der Waals surface area contributed by atoms with Crippen LogP contribution in [0.3, 0.4) is 0 Å². The third kappa shape index (κ3) is 1.55. The van der Waals surface area contributed by atoms with E-state index in [4.69, 9.17) is 0 Å². The Morgan fingerprint density at radius 2 is 1.95 bits per heavy atom. The molecule has 2 aromatic rings. The summed E-state index contributed by atoms with van der Waals surface area (Å²) in [5, 5.41) is 0. The van der Waals surface area contributed by atoms with Crippen LogP contribution >= 0.6 is 0 Å². The van der Waals surface area contributed by atoms with Gasteiger partial charge in [0, 0.05) is 13.0 Å². The molecule has 0 saturated heterocycles. The predicted octanol–water partition coefficient (Wildman–Crippen LogP) is 2.98. The fourth-order valence-corrected chi connectivity index (χ4v) is 5.38. The van der Waals surface area contributed by atoms with E-state index < -0.39 is 0 Å². The highest BCUT2D eigenvalue weighted by molar-refractivity contribution is 5.87. The first-order chi connectivity index (χ1) is 10.2. The van der Waals surface area contributed by atoms with Gasteiger partial charge in [-0.1, -0.05) is 12.1 Å². The van der Waals surface area contributed by atoms with Gasteiger partial charge in [-0.25, -0.2) is 4.98 Å². The molecule has 0 spiro atoms. The lowest BCUT2D eigenvalue weighted by molar-refractivity contribution is -0.120. The lowest BCUT2D eigenvalue weighted by atomic mass is 9.98. The maximum absolute atomic E-state index is 12.7. The van der Waals surface area contributed by atoms with Crippen molar-refractivity contribution in [1.29, 1.82) is 0 Å². The fraction of sp³-hybridized carbons (Fsp3) is 0.556. The molecule has 3 aliphatic carbocycles. The third-order valence-corrected chi connectivity index (χ3v) is 6.32. The molecule has 3 fully saturated rings. The normalized spacial score (nSPS) is 36.1. The number of carbonyl (C=O) groups excluding carboxylic acids is 1. The Bertz CT molecular complexity index is 731. The van der Waals surface area contributed by atoms with Crippen molar-refractivity contribution in [1.82, 2.24) is 9.55 Å². The molecular formula is C18H20N2O. The lowest BCUT2D eigenvalue weighted by Gasteiger charge is -2.07. The highest BCUT2D eigenvalue weighted by Gasteiger charge is 2.66. The van der Waals surface area contributed by atoms with Gasteiger partial charge in [-0.05, 0) is 55.1 Å². The smallest absolute Gasteiger partial charge is 0.144 e. The van der Waals surface area contributed by atoms with Crippen molar-refractivity contribution in [3.8, 4) is 0 Å². The number of rotatable bonds is 3. The van der Waals surface area contributed by atoms with E-state index in [0.717, 1.165) is 40.5 Å². The van der Waals surface area contributed by atoms with Gasteiger partial charge in [-0.2, -0.15) is 0 Å². The monoisotopic (exact) mass is 280 g/mol. The standard InChI is InChI=1S/C18H20N2O/c1-20-13-5-3-2-4-12(13)19-15(20)9-14(21)18-16-10-6-7-11(8-10)17(16)18/h2-5,10-11,16-18H,6-9H2,1H3. The van der Waals surface area contributed by atoms with E-state index in [2.05, 4.69) is 15.6 Å². The molecule has 1 aromatic carbocycles. The maximum atomic E-state index is 12.7. The quantitative estimate of drug-likeness (QED) is 0.866. The van der Waals surface area contributed by atoms with Crippen molar-refractivity contribution in [2.24, 2.45) is 36.6 Å². The first-order valence-corrected chi connectivity index (χ1v) is 8.17. The number of nitrogens with zero attached hydrogens (tertiary/aromatic N) is 2. The van der Waals surface area contributed by atoms with Crippen LogP contribution in [0.1, 0.15) is 25.1 Å². The largest absolute Gasteiger partial charge is 0.331 e. The van der Waals surface area contributed by atoms with E-state index in [0.29, 0.717) is 18.1 Å². The molecule has 21 heavy (non-hydrogen) atoms. The first-order valence-electron chi connectivity index (χ1n) is 8.17. The van der Waals surface area contributed by atoms with Crippen LogP contribution in [0.2, 0.25) is 0 Å². The van der Waals surface area contributed by atoms with Crippen LogP contribution in [0.4, 0.5) is 0 Å². The Labute approximate surface area is 124 Å². The molecule has 2 bridgehead atoms. The van der Waals surface area contributed by atoms with E-state index in [9.17, 15) is 4.79 Å². The average molecular weight is 280 g/mol. The van der Waals surface area contributed by atoms with Crippen molar-refractivity contribution >= 4 is 16.8 Å². The second kappa shape index (κ2) is 3.96. The van der Waals surface area contributed by atoms with Gasteiger partial charge < -0.3 is 4.57 Å². The summed E-state index contributed by atoms with van der Waals surface area (Å²) in [5.41, 5.74) is 2.12. The number of hydrogen-bond donors (Lipinski definition) is 0. The number of carbonyl (C=O) groups is 1. The van der Waals surface area contributed by atoms with Crippen LogP contribution in [0.25, 0.3) is 11.0 Å². The van der Waals surface area contributed by atoms with Gasteiger partial charge in [0.05, 0.1) is 17.5 Å². The summed E-state index contributed by atoms with van der Waals surface area (Å²) in [6.07, 6.45) is 4.68. The highest BCUT2D eigenvalue weighted by Crippen LogP contribution is 2.69. The molecule has 3 heteroatoms. The fourth-order valence-electron chi connectivity index (χ4n) is 5.38. The summed E-state index contributed by atoms with van der Waals surface area (Å²) in [5.74, 6) is 4.97. The van der Waals surface area contributed by atoms with Crippen molar-refractivity contribution in [2.45, 2.75) is 25.7 Å². The van der Waals surface area contributed by atoms with Crippen LogP contribution in [-0.2, 0) is 18.3 Å². The van der Waals surface area contributed by atoms with Crippen LogP contribution in [-0.4, -0.2) is 15.3 Å². The zero-order valence-electron chi connectivity index (χ0n) is 12.3. The van der Waals surface area contributed by atoms with Crippen LogP contribution in [0.5, 0.6) is 0 Å². The Morgan fingerprint density at radius 1 is 1.24 bits per heavy atom. The number of para-hydroxylation sites is 2. The molecule has 0 aliphatic heterocycles. The molecule has 0 N–H and O–H groups in total. The molecule has 108 valence electrons. The second-order valence-electron chi connectivity index (χ2n) is 7.23. The number of hydrogen-bond acceptors (Lipinski definition) is 2. The SMILES string of the molecule is Cn1c(CC(=O)C2C3C4CCC(C4)C23)nc2ccccc21. The average Bonchev–Trinajstić information content (AvgIpc) is 2.77. The van der Waals surface area contributed by atoms with Gasteiger partial charge in [0.15, 0.2) is 0 Å². The molecule has 4 unspecified atom stereocenters. The third-order valence-electron chi connectivity index (χ3n) is 6.32. The number of fused-ring (bicyclic) bond motifs is 6. The van der Waals surface area contributed by atoms with Crippen LogP contribution in [0, 0.1) is 29.6 Å². The summed E-state index contributed by atoms with van der Waals surface area (Å²) in [6, 6.07) is 8.13. The van der Waals surface area contributed by atoms with Gasteiger partial charge in [0.1, 0.15) is 11.6 Å². The molecule has 1 heterocycles. The minimum atomic E-state index is 0.371. The molecule has 0 amide bonds. The zero-order valence-corrected chi connectivity index (χ0v) is 12.3. The van der Waals surface area contributed by atoms with E-state index in [1.54, 1.807) is 0 Å². The van der Waals surface area contributed by atoms with E-state index in [1.807, 2.05) is 25.2 Å². The topological polar surface area (TPSA) is 34.9 Å². The minimum absolute atomic E-state index is 0.371. The van der Waals surface area contributed by atoms with Crippen molar-refractivity contribution < 1.29 is 4.79 Å². The number of aryl methyl sites for hydroxylation is 1. The molecule has 3 aliphatic rings. The second-order valence-corrected chi connectivity index (χ2v) is 7.23. The number of benzene rings is 1. The number of aromatic nitrogens is 2. The van der Waals surface area contributed by atoms with Crippen LogP contribution < -0.4 is 0 Å². The molecule has 3 saturated carbocycles. The summed E-state index contributed by atoms with van der Waals surface area (Å²) >= 11 is 0. The summed E-state index contributed by atoms with van der Waals surface area (Å²) in [6.45, 7) is 0. The van der Waals surface area contributed by atoms with E-state index in [1.165, 1.54) is 19.3 Å². The number of imidazole rings is 1. The molecule has 3 nitrogen and oxygen atoms in total. The zero-order chi connectivity index (χ0) is 14.1. The molecule has 0 radical (unpaired) electrons. The van der Waals surface area contributed by atoms with Gasteiger partial charge in [0.2, 0.25) is 0 Å². The Hall–Kier alpha value is -1.64. The molecule has 5 rings (SSSR count).